The first-order chi connectivity index (χ1) is 16.4. The Morgan fingerprint density at radius 3 is 2.62 bits per heavy atom. The van der Waals surface area contributed by atoms with E-state index in [1.807, 2.05) is 6.07 Å². The molecule has 4 heterocycles. The normalized spacial score (nSPS) is 15.9. The van der Waals surface area contributed by atoms with E-state index in [9.17, 15) is 13.6 Å². The zero-order valence-electron chi connectivity index (χ0n) is 17.8. The number of aromatic amines is 1. The minimum atomic E-state index is -2.73. The monoisotopic (exact) mass is 490 g/mol. The summed E-state index contributed by atoms with van der Waals surface area (Å²) in [5, 5.41) is 12.3. The molecule has 2 aliphatic rings. The van der Waals surface area contributed by atoms with E-state index in [1.165, 1.54) is 23.5 Å². The van der Waals surface area contributed by atoms with E-state index in [-0.39, 0.29) is 30.1 Å². The number of carbonyl (C=O) groups excluding carboxylic acids is 1. The lowest BCUT2D eigenvalue weighted by Crippen LogP contribution is -2.26. The summed E-state index contributed by atoms with van der Waals surface area (Å²) in [6.07, 6.45) is 15.2. The molecule has 1 aliphatic carbocycles. The fourth-order valence-electron chi connectivity index (χ4n) is 3.00. The number of nitrogens with one attached hydrogen (secondary N) is 3. The highest BCUT2D eigenvalue weighted by Gasteiger charge is 2.39. The molecule has 1 amide bonds. The van der Waals surface area contributed by atoms with Crippen LogP contribution in [-0.2, 0) is 4.79 Å². The summed E-state index contributed by atoms with van der Waals surface area (Å²) in [6.45, 7) is -0.234. The van der Waals surface area contributed by atoms with Crippen LogP contribution < -0.4 is 15.5 Å². The van der Waals surface area contributed by atoms with E-state index in [1.54, 1.807) is 0 Å². The first kappa shape index (κ1) is 24.7. The average molecular weight is 491 g/mol. The quantitative estimate of drug-likeness (QED) is 0.351. The van der Waals surface area contributed by atoms with Crippen molar-refractivity contribution >= 4 is 41.5 Å². The molecule has 3 N–H and O–H groups in total. The van der Waals surface area contributed by atoms with Crippen LogP contribution in [0.3, 0.4) is 0 Å². The van der Waals surface area contributed by atoms with Gasteiger partial charge in [-0.05, 0) is 24.4 Å². The lowest BCUT2D eigenvalue weighted by atomic mass is 10.3. The molecule has 0 unspecified atom stereocenters. The Morgan fingerprint density at radius 2 is 2.00 bits per heavy atom. The molecule has 0 atom stereocenters. The number of amides is 1. The van der Waals surface area contributed by atoms with Gasteiger partial charge in [-0.15, -0.1) is 12.8 Å². The third-order valence-electron chi connectivity index (χ3n) is 4.67. The Labute approximate surface area is 198 Å². The predicted molar refractivity (Wildman–Crippen MR) is 122 cm³/mol. The zero-order chi connectivity index (χ0) is 24.6. The first-order valence-corrected chi connectivity index (χ1v) is 10.5. The number of hydrogen-bond donors (Lipinski definition) is 3. The van der Waals surface area contributed by atoms with Gasteiger partial charge in [0.25, 0.3) is 5.92 Å². The number of aromatic nitrogens is 7. The third-order valence-corrected chi connectivity index (χ3v) is 4.84. The third kappa shape index (κ3) is 7.04. The minimum Gasteiger partial charge on any atom is -0.334 e. The first-order valence-electron chi connectivity index (χ1n) is 10.1. The summed E-state index contributed by atoms with van der Waals surface area (Å²) in [4.78, 5) is 30.8. The van der Waals surface area contributed by atoms with Gasteiger partial charge in [-0.1, -0.05) is 0 Å². The van der Waals surface area contributed by atoms with E-state index in [4.69, 9.17) is 11.6 Å². The number of halogens is 3. The fourth-order valence-corrected chi connectivity index (χ4v) is 3.15. The standard InChI is InChI=1S/C13H14ClF2N7.C5H5N3O.C2H2/c14-10-18-11(17-9-5-8(21-22-9)7-1-2-7)20-12(19-10)23-4-3-13(15,16)6-23;9-4-8-5-3-6-1-2-7-5;1-2/h5,7H,1-4,6H2,(H2,17,18,19,20,21,22);1-4H,(H,7,8,9);1-2H. The number of rotatable bonds is 6. The highest BCUT2D eigenvalue weighted by molar-refractivity contribution is 6.28. The fraction of sp³-hybridized carbons (Fsp3) is 0.350. The van der Waals surface area contributed by atoms with Gasteiger partial charge in [0.15, 0.2) is 11.6 Å². The summed E-state index contributed by atoms with van der Waals surface area (Å²) >= 11 is 5.89. The maximum atomic E-state index is 13.3. The topological polar surface area (TPSA) is 138 Å². The van der Waals surface area contributed by atoms with Gasteiger partial charge in [0.1, 0.15) is 0 Å². The second-order valence-corrected chi connectivity index (χ2v) is 7.55. The summed E-state index contributed by atoms with van der Waals surface area (Å²) in [5.41, 5.74) is 1.06. The molecule has 0 bridgehead atoms. The molecular weight excluding hydrogens is 470 g/mol. The Morgan fingerprint density at radius 1 is 1.21 bits per heavy atom. The van der Waals surface area contributed by atoms with E-state index >= 15 is 0 Å². The van der Waals surface area contributed by atoms with Gasteiger partial charge in [0.05, 0.1) is 12.7 Å². The molecule has 1 aliphatic heterocycles. The smallest absolute Gasteiger partial charge is 0.267 e. The van der Waals surface area contributed by atoms with Crippen LogP contribution in [0.1, 0.15) is 30.9 Å². The Hall–Kier alpha value is -3.92. The molecule has 5 rings (SSSR count). The number of anilines is 4. The molecule has 3 aromatic rings. The Bertz CT molecular complexity index is 1110. The van der Waals surface area contributed by atoms with Crippen molar-refractivity contribution < 1.29 is 13.6 Å². The highest BCUT2D eigenvalue weighted by atomic mass is 35.5. The van der Waals surface area contributed by atoms with Gasteiger partial charge < -0.3 is 15.5 Å². The van der Waals surface area contributed by atoms with Crippen molar-refractivity contribution in [1.29, 1.82) is 0 Å². The number of hydrogen-bond acceptors (Lipinski definition) is 9. The number of carbonyl (C=O) groups is 1. The molecule has 1 saturated heterocycles. The van der Waals surface area contributed by atoms with Crippen molar-refractivity contribution in [3.63, 3.8) is 0 Å². The molecule has 178 valence electrons. The van der Waals surface area contributed by atoms with Crippen molar-refractivity contribution in [3.8, 4) is 12.8 Å². The van der Waals surface area contributed by atoms with Crippen LogP contribution in [0.4, 0.5) is 32.3 Å². The Kier molecular flexibility index (Phi) is 8.20. The van der Waals surface area contributed by atoms with Gasteiger partial charge >= 0.3 is 0 Å². The van der Waals surface area contributed by atoms with Crippen LogP contribution in [0, 0.1) is 12.8 Å². The maximum absolute atomic E-state index is 13.3. The molecule has 0 aromatic carbocycles. The number of alkyl halides is 2. The second kappa shape index (κ2) is 11.3. The van der Waals surface area contributed by atoms with Crippen molar-refractivity contribution in [2.75, 3.05) is 28.6 Å². The summed E-state index contributed by atoms with van der Waals surface area (Å²) in [5.74, 6) is -0.831. The van der Waals surface area contributed by atoms with Crippen LogP contribution in [0.5, 0.6) is 0 Å². The largest absolute Gasteiger partial charge is 0.334 e. The van der Waals surface area contributed by atoms with E-state index in [0.717, 1.165) is 18.5 Å². The van der Waals surface area contributed by atoms with E-state index < -0.39 is 12.5 Å². The van der Waals surface area contributed by atoms with Crippen LogP contribution in [-0.4, -0.2) is 60.5 Å². The number of nitrogens with zero attached hydrogens (tertiary/aromatic N) is 7. The maximum Gasteiger partial charge on any atom is 0.267 e. The van der Waals surface area contributed by atoms with Gasteiger partial charge in [-0.25, -0.2) is 13.8 Å². The highest BCUT2D eigenvalue weighted by Crippen LogP contribution is 2.39. The van der Waals surface area contributed by atoms with Gasteiger partial charge in [-0.3, -0.25) is 14.9 Å². The SMILES string of the molecule is C#C.FC1(F)CCN(c2nc(Cl)nc(Nc3cc(C4CC4)[nH]n3)n2)C1.O=CNc1cnccn1. The molecule has 0 spiro atoms. The predicted octanol–water partition coefficient (Wildman–Crippen LogP) is 3.01. The number of H-pyrrole nitrogens is 1. The van der Waals surface area contributed by atoms with Gasteiger partial charge in [0.2, 0.25) is 23.6 Å². The molecule has 14 heteroatoms. The average Bonchev–Trinajstić information content (AvgIpc) is 3.47. The van der Waals surface area contributed by atoms with Crippen molar-refractivity contribution in [3.05, 3.63) is 35.6 Å². The molecule has 3 aromatic heterocycles. The minimum absolute atomic E-state index is 0.0503. The van der Waals surface area contributed by atoms with Crippen molar-refractivity contribution in [2.24, 2.45) is 0 Å². The molecule has 34 heavy (non-hydrogen) atoms. The lowest BCUT2D eigenvalue weighted by Gasteiger charge is -2.16. The van der Waals surface area contributed by atoms with Crippen LogP contribution in [0.25, 0.3) is 0 Å². The van der Waals surface area contributed by atoms with E-state index in [2.05, 4.69) is 58.6 Å². The Balaban J connectivity index is 0.000000248. The van der Waals surface area contributed by atoms with Gasteiger partial charge in [0, 0.05) is 43.0 Å². The molecule has 0 radical (unpaired) electrons. The molecule has 1 saturated carbocycles. The van der Waals surface area contributed by atoms with E-state index in [0.29, 0.717) is 24.0 Å². The van der Waals surface area contributed by atoms with Gasteiger partial charge in [-0.2, -0.15) is 20.1 Å². The zero-order valence-corrected chi connectivity index (χ0v) is 18.6. The molecule has 11 nitrogen and oxygen atoms in total. The van der Waals surface area contributed by atoms with Crippen LogP contribution in [0.2, 0.25) is 5.28 Å². The van der Waals surface area contributed by atoms with Crippen molar-refractivity contribution in [1.82, 2.24) is 35.1 Å². The summed E-state index contributed by atoms with van der Waals surface area (Å²) in [6, 6.07) is 1.89. The molecule has 2 fully saturated rings. The molecular formula is C20H21ClF2N10O. The second-order valence-electron chi connectivity index (χ2n) is 7.22. The summed E-state index contributed by atoms with van der Waals surface area (Å²) < 4.78 is 26.7. The van der Waals surface area contributed by atoms with Crippen molar-refractivity contribution in [2.45, 2.75) is 31.1 Å². The lowest BCUT2D eigenvalue weighted by molar-refractivity contribution is -0.105. The number of terminal acetylenes is 1. The van der Waals surface area contributed by atoms with Crippen LogP contribution in [0.15, 0.2) is 24.7 Å². The van der Waals surface area contributed by atoms with Crippen LogP contribution >= 0.6 is 11.6 Å². The summed E-state index contributed by atoms with van der Waals surface area (Å²) in [7, 11) is 0.